The molecule has 3 heteroatoms. The van der Waals surface area contributed by atoms with Crippen molar-refractivity contribution in [2.45, 2.75) is 20.3 Å². The molecule has 3 nitrogen and oxygen atoms in total. The predicted octanol–water partition coefficient (Wildman–Crippen LogP) is 2.70. The number of anilines is 1. The molecule has 0 saturated carbocycles. The summed E-state index contributed by atoms with van der Waals surface area (Å²) >= 11 is 0. The van der Waals surface area contributed by atoms with Crippen LogP contribution in [0.15, 0.2) is 30.9 Å². The molecule has 1 N–H and O–H groups in total. The molecule has 1 rings (SSSR count). The third-order valence-corrected chi connectivity index (χ3v) is 2.51. The number of carbonyl (C=O) groups is 1. The van der Waals surface area contributed by atoms with Crippen LogP contribution in [-0.4, -0.2) is 19.1 Å². The maximum absolute atomic E-state index is 11.4. The summed E-state index contributed by atoms with van der Waals surface area (Å²) in [6.45, 7) is 8.06. The van der Waals surface area contributed by atoms with E-state index >= 15 is 0 Å². The molecule has 0 aromatic heterocycles. The van der Waals surface area contributed by atoms with Gasteiger partial charge in [0.2, 0.25) is 0 Å². The van der Waals surface area contributed by atoms with Crippen molar-refractivity contribution in [3.63, 3.8) is 0 Å². The van der Waals surface area contributed by atoms with E-state index in [-0.39, 0.29) is 19.1 Å². The van der Waals surface area contributed by atoms with Crippen molar-refractivity contribution >= 4 is 11.7 Å². The Balaban J connectivity index is 2.62. The van der Waals surface area contributed by atoms with Crippen molar-refractivity contribution in [1.82, 2.24) is 0 Å². The van der Waals surface area contributed by atoms with Gasteiger partial charge in [0.05, 0.1) is 0 Å². The third kappa shape index (κ3) is 3.94. The van der Waals surface area contributed by atoms with Gasteiger partial charge in [-0.05, 0) is 24.5 Å². The number of benzene rings is 1. The Labute approximate surface area is 102 Å². The molecular weight excluding hydrogens is 214 g/mol. The van der Waals surface area contributed by atoms with Crippen LogP contribution in [0.2, 0.25) is 0 Å². The van der Waals surface area contributed by atoms with Crippen LogP contribution in [-0.2, 0) is 16.0 Å². The molecule has 0 fully saturated rings. The summed E-state index contributed by atoms with van der Waals surface area (Å²) in [5.74, 6) is -0.268. The highest BCUT2D eigenvalue weighted by molar-refractivity contribution is 5.76. The SMILES string of the molecule is C=CCOC(=O)CNc1c(C)cccc1CC. The van der Waals surface area contributed by atoms with Gasteiger partial charge in [-0.15, -0.1) is 0 Å². The number of hydrogen-bond acceptors (Lipinski definition) is 3. The summed E-state index contributed by atoms with van der Waals surface area (Å²) in [5, 5.41) is 3.13. The Morgan fingerprint density at radius 1 is 1.53 bits per heavy atom. The number of carbonyl (C=O) groups excluding carboxylic acids is 1. The largest absolute Gasteiger partial charge is 0.460 e. The molecular formula is C14H19NO2. The average Bonchev–Trinajstić information content (AvgIpc) is 2.34. The van der Waals surface area contributed by atoms with Crippen molar-refractivity contribution < 1.29 is 9.53 Å². The van der Waals surface area contributed by atoms with Gasteiger partial charge in [-0.3, -0.25) is 4.79 Å². The van der Waals surface area contributed by atoms with Crippen LogP contribution in [0.4, 0.5) is 5.69 Å². The van der Waals surface area contributed by atoms with E-state index in [0.29, 0.717) is 0 Å². The smallest absolute Gasteiger partial charge is 0.325 e. The average molecular weight is 233 g/mol. The normalized spacial score (nSPS) is 9.76. The van der Waals surface area contributed by atoms with E-state index < -0.39 is 0 Å². The van der Waals surface area contributed by atoms with Gasteiger partial charge in [0.1, 0.15) is 13.2 Å². The lowest BCUT2D eigenvalue weighted by molar-refractivity contribution is -0.140. The molecule has 92 valence electrons. The number of aryl methyl sites for hydroxylation is 2. The molecule has 0 saturated heterocycles. The highest BCUT2D eigenvalue weighted by atomic mass is 16.5. The lowest BCUT2D eigenvalue weighted by Gasteiger charge is -2.13. The highest BCUT2D eigenvalue weighted by Gasteiger charge is 2.06. The molecule has 0 atom stereocenters. The Morgan fingerprint density at radius 3 is 2.94 bits per heavy atom. The zero-order valence-corrected chi connectivity index (χ0v) is 10.5. The maximum atomic E-state index is 11.4. The molecule has 0 spiro atoms. The van der Waals surface area contributed by atoms with Gasteiger partial charge in [-0.25, -0.2) is 0 Å². The van der Waals surface area contributed by atoms with Crippen LogP contribution < -0.4 is 5.32 Å². The molecule has 0 heterocycles. The zero-order valence-electron chi connectivity index (χ0n) is 10.5. The lowest BCUT2D eigenvalue weighted by atomic mass is 10.1. The van der Waals surface area contributed by atoms with E-state index in [0.717, 1.165) is 17.7 Å². The quantitative estimate of drug-likeness (QED) is 0.606. The second kappa shape index (κ2) is 6.74. The van der Waals surface area contributed by atoms with Gasteiger partial charge in [-0.2, -0.15) is 0 Å². The molecule has 0 unspecified atom stereocenters. The fraction of sp³-hybridized carbons (Fsp3) is 0.357. The first kappa shape index (κ1) is 13.3. The number of rotatable bonds is 6. The molecule has 1 aromatic carbocycles. The minimum absolute atomic E-state index is 0.186. The molecule has 0 aliphatic heterocycles. The van der Waals surface area contributed by atoms with Crippen molar-refractivity contribution in [2.75, 3.05) is 18.5 Å². The van der Waals surface area contributed by atoms with Gasteiger partial charge >= 0.3 is 5.97 Å². The molecule has 1 aromatic rings. The first-order valence-corrected chi connectivity index (χ1v) is 5.78. The maximum Gasteiger partial charge on any atom is 0.325 e. The Kier molecular flexibility index (Phi) is 5.27. The van der Waals surface area contributed by atoms with Crippen molar-refractivity contribution in [3.05, 3.63) is 42.0 Å². The number of ether oxygens (including phenoxy) is 1. The summed E-state index contributed by atoms with van der Waals surface area (Å²) in [6.07, 6.45) is 2.49. The van der Waals surface area contributed by atoms with Crippen LogP contribution in [0.5, 0.6) is 0 Å². The summed E-state index contributed by atoms with van der Waals surface area (Å²) in [6, 6.07) is 6.11. The first-order chi connectivity index (χ1) is 8.19. The van der Waals surface area contributed by atoms with Crippen LogP contribution in [0.25, 0.3) is 0 Å². The highest BCUT2D eigenvalue weighted by Crippen LogP contribution is 2.20. The van der Waals surface area contributed by atoms with Crippen molar-refractivity contribution in [2.24, 2.45) is 0 Å². The van der Waals surface area contributed by atoms with E-state index in [1.807, 2.05) is 19.1 Å². The van der Waals surface area contributed by atoms with Gasteiger partial charge in [0, 0.05) is 5.69 Å². The Morgan fingerprint density at radius 2 is 2.29 bits per heavy atom. The number of para-hydroxylation sites is 1. The minimum atomic E-state index is -0.268. The van der Waals surface area contributed by atoms with E-state index in [1.54, 1.807) is 6.08 Å². The monoisotopic (exact) mass is 233 g/mol. The summed E-state index contributed by atoms with van der Waals surface area (Å²) in [4.78, 5) is 11.4. The second-order valence-electron chi connectivity index (χ2n) is 3.79. The van der Waals surface area contributed by atoms with Gasteiger partial charge in [0.25, 0.3) is 0 Å². The van der Waals surface area contributed by atoms with E-state index in [4.69, 9.17) is 4.74 Å². The molecule has 0 amide bonds. The lowest BCUT2D eigenvalue weighted by Crippen LogP contribution is -2.18. The summed E-state index contributed by atoms with van der Waals surface area (Å²) < 4.78 is 4.91. The van der Waals surface area contributed by atoms with Crippen LogP contribution in [0.3, 0.4) is 0 Å². The minimum Gasteiger partial charge on any atom is -0.460 e. The standard InChI is InChI=1S/C14H19NO2/c1-4-9-17-13(16)10-15-14-11(3)7-6-8-12(14)5-2/h4,6-8,15H,1,5,9-10H2,2-3H3. The molecule has 0 aliphatic carbocycles. The molecule has 17 heavy (non-hydrogen) atoms. The summed E-state index contributed by atoms with van der Waals surface area (Å²) in [7, 11) is 0. The predicted molar refractivity (Wildman–Crippen MR) is 70.2 cm³/mol. The van der Waals surface area contributed by atoms with Crippen molar-refractivity contribution in [3.8, 4) is 0 Å². The van der Waals surface area contributed by atoms with Crippen LogP contribution >= 0.6 is 0 Å². The summed E-state index contributed by atoms with van der Waals surface area (Å²) in [5.41, 5.74) is 3.38. The number of esters is 1. The van der Waals surface area contributed by atoms with E-state index in [2.05, 4.69) is 24.9 Å². The Bertz CT molecular complexity index is 399. The van der Waals surface area contributed by atoms with E-state index in [9.17, 15) is 4.79 Å². The fourth-order valence-corrected chi connectivity index (χ4v) is 1.64. The second-order valence-corrected chi connectivity index (χ2v) is 3.79. The van der Waals surface area contributed by atoms with Gasteiger partial charge in [0.15, 0.2) is 0 Å². The van der Waals surface area contributed by atoms with E-state index in [1.165, 1.54) is 5.56 Å². The number of nitrogens with one attached hydrogen (secondary N) is 1. The molecule has 0 bridgehead atoms. The van der Waals surface area contributed by atoms with Crippen LogP contribution in [0.1, 0.15) is 18.1 Å². The van der Waals surface area contributed by atoms with Gasteiger partial charge < -0.3 is 10.1 Å². The number of hydrogen-bond donors (Lipinski definition) is 1. The molecule has 0 radical (unpaired) electrons. The molecule has 0 aliphatic rings. The third-order valence-electron chi connectivity index (χ3n) is 2.51. The zero-order chi connectivity index (χ0) is 12.7. The topological polar surface area (TPSA) is 38.3 Å². The fourth-order valence-electron chi connectivity index (χ4n) is 1.64. The first-order valence-electron chi connectivity index (χ1n) is 5.78. The van der Waals surface area contributed by atoms with Crippen molar-refractivity contribution in [1.29, 1.82) is 0 Å². The van der Waals surface area contributed by atoms with Crippen LogP contribution in [0, 0.1) is 6.92 Å². The van der Waals surface area contributed by atoms with Gasteiger partial charge in [-0.1, -0.05) is 37.8 Å². The Hall–Kier alpha value is -1.77.